The van der Waals surface area contributed by atoms with Gasteiger partial charge in [0.15, 0.2) is 0 Å². The van der Waals surface area contributed by atoms with Crippen LogP contribution >= 0.6 is 0 Å². The van der Waals surface area contributed by atoms with Crippen molar-refractivity contribution in [2.24, 2.45) is 0 Å². The van der Waals surface area contributed by atoms with Gasteiger partial charge >= 0.3 is 0 Å². The summed E-state index contributed by atoms with van der Waals surface area (Å²) in [6, 6.07) is 15.9. The van der Waals surface area contributed by atoms with Crippen LogP contribution in [-0.4, -0.2) is 12.5 Å². The molecule has 0 fully saturated rings. The maximum atomic E-state index is 12.6. The van der Waals surface area contributed by atoms with E-state index in [1.807, 2.05) is 36.4 Å². The van der Waals surface area contributed by atoms with Crippen molar-refractivity contribution in [1.82, 2.24) is 5.32 Å². The summed E-state index contributed by atoms with van der Waals surface area (Å²) in [4.78, 5) is 12.6. The first-order chi connectivity index (χ1) is 10.3. The van der Waals surface area contributed by atoms with E-state index in [-0.39, 0.29) is 11.9 Å². The average molecular weight is 280 g/mol. The molecule has 21 heavy (non-hydrogen) atoms. The van der Waals surface area contributed by atoms with Crippen molar-refractivity contribution in [1.29, 1.82) is 0 Å². The second kappa shape index (κ2) is 6.10. The number of rotatable bonds is 3. The largest absolute Gasteiger partial charge is 0.324 e. The van der Waals surface area contributed by atoms with Gasteiger partial charge in [0.2, 0.25) is 5.91 Å². The van der Waals surface area contributed by atoms with Gasteiger partial charge in [-0.25, -0.2) is 0 Å². The van der Waals surface area contributed by atoms with E-state index in [1.54, 1.807) is 0 Å². The van der Waals surface area contributed by atoms with Gasteiger partial charge in [0.25, 0.3) is 0 Å². The summed E-state index contributed by atoms with van der Waals surface area (Å²) >= 11 is 0. The zero-order valence-electron chi connectivity index (χ0n) is 12.2. The molecule has 0 saturated carbocycles. The Labute approximate surface area is 125 Å². The number of benzene rings is 2. The summed E-state index contributed by atoms with van der Waals surface area (Å²) in [5.41, 5.74) is 4.45. The number of anilines is 1. The molecule has 108 valence electrons. The summed E-state index contributed by atoms with van der Waals surface area (Å²) in [5, 5.41) is 6.34. The zero-order chi connectivity index (χ0) is 14.7. The zero-order valence-corrected chi connectivity index (χ0v) is 12.2. The number of fused-ring (bicyclic) bond motifs is 1. The minimum Gasteiger partial charge on any atom is -0.324 e. The molecule has 0 radical (unpaired) electrons. The highest BCUT2D eigenvalue weighted by Crippen LogP contribution is 2.24. The lowest BCUT2D eigenvalue weighted by molar-refractivity contribution is -0.118. The van der Waals surface area contributed by atoms with Crippen LogP contribution in [0.3, 0.4) is 0 Å². The SMILES string of the molecule is CCc1cccc(NC(=O)C2NCCc3ccccc32)c1. The van der Waals surface area contributed by atoms with E-state index in [4.69, 9.17) is 0 Å². The van der Waals surface area contributed by atoms with Crippen molar-refractivity contribution in [3.63, 3.8) is 0 Å². The van der Waals surface area contributed by atoms with E-state index in [0.29, 0.717) is 0 Å². The van der Waals surface area contributed by atoms with Gasteiger partial charge < -0.3 is 10.6 Å². The van der Waals surface area contributed by atoms with E-state index in [9.17, 15) is 4.79 Å². The van der Waals surface area contributed by atoms with Crippen LogP contribution in [0, 0.1) is 0 Å². The molecule has 1 heterocycles. The number of carbonyl (C=O) groups excluding carboxylic acids is 1. The molecule has 0 aliphatic carbocycles. The van der Waals surface area contributed by atoms with Crippen molar-refractivity contribution in [2.45, 2.75) is 25.8 Å². The molecule has 0 aromatic heterocycles. The van der Waals surface area contributed by atoms with Gasteiger partial charge in [-0.05, 0) is 41.7 Å². The third-order valence-corrected chi connectivity index (χ3v) is 3.97. The molecule has 0 spiro atoms. The second-order valence-electron chi connectivity index (χ2n) is 5.38. The highest BCUT2D eigenvalue weighted by atomic mass is 16.2. The van der Waals surface area contributed by atoms with Gasteiger partial charge in [0.1, 0.15) is 6.04 Å². The maximum absolute atomic E-state index is 12.6. The van der Waals surface area contributed by atoms with Crippen molar-refractivity contribution in [3.8, 4) is 0 Å². The second-order valence-corrected chi connectivity index (χ2v) is 5.38. The molecule has 1 atom stereocenters. The molecule has 1 aliphatic heterocycles. The highest BCUT2D eigenvalue weighted by molar-refractivity contribution is 5.96. The minimum atomic E-state index is -0.264. The molecule has 1 aliphatic rings. The Bertz CT molecular complexity index is 651. The van der Waals surface area contributed by atoms with Crippen molar-refractivity contribution < 1.29 is 4.79 Å². The molecule has 2 N–H and O–H groups in total. The number of nitrogens with one attached hydrogen (secondary N) is 2. The molecule has 3 heteroatoms. The van der Waals surface area contributed by atoms with E-state index >= 15 is 0 Å². The lowest BCUT2D eigenvalue weighted by Crippen LogP contribution is -2.38. The summed E-state index contributed by atoms with van der Waals surface area (Å²) in [6.45, 7) is 2.95. The predicted molar refractivity (Wildman–Crippen MR) is 85.3 cm³/mol. The molecule has 1 amide bonds. The first kappa shape index (κ1) is 13.8. The van der Waals surface area contributed by atoms with Gasteiger partial charge in [-0.2, -0.15) is 0 Å². The predicted octanol–water partition coefficient (Wildman–Crippen LogP) is 3.07. The molecule has 3 nitrogen and oxygen atoms in total. The van der Waals surface area contributed by atoms with E-state index < -0.39 is 0 Å². The minimum absolute atomic E-state index is 0.00963. The Kier molecular flexibility index (Phi) is 4.02. The van der Waals surface area contributed by atoms with Crippen LogP contribution in [0.5, 0.6) is 0 Å². The van der Waals surface area contributed by atoms with E-state index in [1.165, 1.54) is 11.1 Å². The lowest BCUT2D eigenvalue weighted by atomic mass is 9.94. The van der Waals surface area contributed by atoms with Crippen molar-refractivity contribution in [2.75, 3.05) is 11.9 Å². The van der Waals surface area contributed by atoms with Crippen LogP contribution < -0.4 is 10.6 Å². The molecule has 2 aromatic rings. The smallest absolute Gasteiger partial charge is 0.246 e. The Balaban J connectivity index is 1.80. The fourth-order valence-electron chi connectivity index (χ4n) is 2.82. The van der Waals surface area contributed by atoms with Gasteiger partial charge in [-0.1, -0.05) is 43.3 Å². The van der Waals surface area contributed by atoms with Crippen LogP contribution in [0.2, 0.25) is 0 Å². The average Bonchev–Trinajstić information content (AvgIpc) is 2.54. The third-order valence-electron chi connectivity index (χ3n) is 3.97. The van der Waals surface area contributed by atoms with Crippen LogP contribution in [0.15, 0.2) is 48.5 Å². The van der Waals surface area contributed by atoms with E-state index in [2.05, 4.69) is 29.7 Å². The molecule has 0 bridgehead atoms. The number of hydrogen-bond donors (Lipinski definition) is 2. The summed E-state index contributed by atoms with van der Waals surface area (Å²) in [5.74, 6) is 0.00963. The molecule has 0 saturated heterocycles. The fraction of sp³-hybridized carbons (Fsp3) is 0.278. The standard InChI is InChI=1S/C18H20N2O/c1-2-13-6-5-8-15(12-13)20-18(21)17-16-9-4-3-7-14(16)10-11-19-17/h3-9,12,17,19H,2,10-11H2,1H3,(H,20,21). The first-order valence-corrected chi connectivity index (χ1v) is 7.49. The number of carbonyl (C=O) groups is 1. The quantitative estimate of drug-likeness (QED) is 0.907. The molecular weight excluding hydrogens is 260 g/mol. The van der Waals surface area contributed by atoms with Crippen LogP contribution in [0.1, 0.15) is 29.7 Å². The topological polar surface area (TPSA) is 41.1 Å². The molecule has 1 unspecified atom stereocenters. The number of amides is 1. The highest BCUT2D eigenvalue weighted by Gasteiger charge is 2.25. The van der Waals surface area contributed by atoms with Crippen molar-refractivity contribution >= 4 is 11.6 Å². The first-order valence-electron chi connectivity index (χ1n) is 7.49. The fourth-order valence-corrected chi connectivity index (χ4v) is 2.82. The normalized spacial score (nSPS) is 17.1. The Morgan fingerprint density at radius 2 is 2.10 bits per heavy atom. The Morgan fingerprint density at radius 1 is 1.24 bits per heavy atom. The number of aryl methyl sites for hydroxylation is 1. The molecular formula is C18H20N2O. The lowest BCUT2D eigenvalue weighted by Gasteiger charge is -2.26. The van der Waals surface area contributed by atoms with Crippen LogP contribution in [0.4, 0.5) is 5.69 Å². The van der Waals surface area contributed by atoms with Gasteiger partial charge in [-0.15, -0.1) is 0 Å². The Morgan fingerprint density at radius 3 is 2.95 bits per heavy atom. The maximum Gasteiger partial charge on any atom is 0.246 e. The number of hydrogen-bond acceptors (Lipinski definition) is 2. The molecule has 3 rings (SSSR count). The van der Waals surface area contributed by atoms with Gasteiger partial charge in [0, 0.05) is 12.2 Å². The van der Waals surface area contributed by atoms with Gasteiger partial charge in [-0.3, -0.25) is 4.79 Å². The summed E-state index contributed by atoms with van der Waals surface area (Å²) < 4.78 is 0. The van der Waals surface area contributed by atoms with Crippen LogP contribution in [0.25, 0.3) is 0 Å². The Hall–Kier alpha value is -2.13. The third kappa shape index (κ3) is 2.98. The summed E-state index contributed by atoms with van der Waals surface area (Å²) in [7, 11) is 0. The van der Waals surface area contributed by atoms with Crippen LogP contribution in [-0.2, 0) is 17.6 Å². The monoisotopic (exact) mass is 280 g/mol. The van der Waals surface area contributed by atoms with E-state index in [0.717, 1.165) is 30.6 Å². The summed E-state index contributed by atoms with van der Waals surface area (Å²) in [6.07, 6.45) is 1.94. The molecule has 2 aromatic carbocycles. The van der Waals surface area contributed by atoms with Crippen molar-refractivity contribution in [3.05, 3.63) is 65.2 Å². The van der Waals surface area contributed by atoms with Gasteiger partial charge in [0.05, 0.1) is 0 Å².